The zero-order valence-corrected chi connectivity index (χ0v) is 8.36. The van der Waals surface area contributed by atoms with Crippen LogP contribution in [0.5, 0.6) is 0 Å². The summed E-state index contributed by atoms with van der Waals surface area (Å²) in [4.78, 5) is 8.68. The smallest absolute Gasteiger partial charge is 0.134 e. The van der Waals surface area contributed by atoms with Crippen LogP contribution in [-0.2, 0) is 11.3 Å². The van der Waals surface area contributed by atoms with E-state index >= 15 is 0 Å². The summed E-state index contributed by atoms with van der Waals surface area (Å²) < 4.78 is 5.02. The van der Waals surface area contributed by atoms with Gasteiger partial charge in [0.2, 0.25) is 0 Å². The van der Waals surface area contributed by atoms with Gasteiger partial charge in [-0.1, -0.05) is 6.42 Å². The van der Waals surface area contributed by atoms with Crippen LogP contribution in [0, 0.1) is 0 Å². The molecule has 0 amide bonds. The molecule has 0 saturated heterocycles. The van der Waals surface area contributed by atoms with Crippen molar-refractivity contribution in [1.82, 2.24) is 9.97 Å². The fraction of sp³-hybridized carbons (Fsp3) is 0.600. The summed E-state index contributed by atoms with van der Waals surface area (Å²) in [6.07, 6.45) is 3.66. The molecular weight excluding hydrogens is 178 g/mol. The summed E-state index contributed by atoms with van der Waals surface area (Å²) in [5.41, 5.74) is 6.58. The largest absolute Gasteiger partial charge is 0.384 e. The number of hydrogen-bond donors (Lipinski definition) is 1. The van der Waals surface area contributed by atoms with Crippen molar-refractivity contribution in [2.24, 2.45) is 0 Å². The quantitative estimate of drug-likeness (QED) is 0.789. The van der Waals surface area contributed by atoms with Gasteiger partial charge >= 0.3 is 0 Å². The van der Waals surface area contributed by atoms with E-state index < -0.39 is 0 Å². The minimum Gasteiger partial charge on any atom is -0.384 e. The van der Waals surface area contributed by atoms with Crippen molar-refractivity contribution in [2.75, 3.05) is 12.8 Å². The molecule has 1 aliphatic carbocycles. The van der Waals surface area contributed by atoms with Crippen LogP contribution in [0.3, 0.4) is 0 Å². The van der Waals surface area contributed by atoms with Crippen molar-refractivity contribution < 1.29 is 4.74 Å². The normalized spacial score (nSPS) is 16.6. The summed E-state index contributed by atoms with van der Waals surface area (Å²) in [5, 5.41) is 0. The molecule has 14 heavy (non-hydrogen) atoms. The Hall–Kier alpha value is -1.16. The van der Waals surface area contributed by atoms with Crippen LogP contribution in [0.2, 0.25) is 0 Å². The second-order valence-electron chi connectivity index (χ2n) is 3.70. The van der Waals surface area contributed by atoms with Crippen LogP contribution in [0.1, 0.15) is 36.7 Å². The van der Waals surface area contributed by atoms with Gasteiger partial charge in [-0.2, -0.15) is 0 Å². The summed E-state index contributed by atoms with van der Waals surface area (Å²) in [5.74, 6) is 1.96. The van der Waals surface area contributed by atoms with Crippen molar-refractivity contribution in [3.8, 4) is 0 Å². The molecule has 0 spiro atoms. The number of hydrogen-bond acceptors (Lipinski definition) is 4. The van der Waals surface area contributed by atoms with E-state index in [-0.39, 0.29) is 0 Å². The topological polar surface area (TPSA) is 61.0 Å². The van der Waals surface area contributed by atoms with Crippen LogP contribution in [-0.4, -0.2) is 17.1 Å². The first-order chi connectivity index (χ1) is 6.79. The Bertz CT molecular complexity index is 323. The van der Waals surface area contributed by atoms with Crippen LogP contribution < -0.4 is 5.73 Å². The Morgan fingerprint density at radius 1 is 1.50 bits per heavy atom. The highest BCUT2D eigenvalue weighted by molar-refractivity contribution is 5.30. The lowest BCUT2D eigenvalue weighted by Gasteiger charge is -2.24. The predicted molar refractivity (Wildman–Crippen MR) is 53.7 cm³/mol. The molecule has 4 nitrogen and oxygen atoms in total. The summed E-state index contributed by atoms with van der Waals surface area (Å²) in [6.45, 7) is 0.506. The lowest BCUT2D eigenvalue weighted by atomic mass is 9.85. The molecule has 0 bridgehead atoms. The van der Waals surface area contributed by atoms with Gasteiger partial charge < -0.3 is 10.5 Å². The van der Waals surface area contributed by atoms with E-state index in [0.29, 0.717) is 18.3 Å². The molecule has 1 fully saturated rings. The van der Waals surface area contributed by atoms with Crippen molar-refractivity contribution in [1.29, 1.82) is 0 Å². The zero-order valence-electron chi connectivity index (χ0n) is 8.36. The van der Waals surface area contributed by atoms with Crippen LogP contribution in [0.25, 0.3) is 0 Å². The molecule has 4 heteroatoms. The Morgan fingerprint density at radius 2 is 2.29 bits per heavy atom. The van der Waals surface area contributed by atoms with Crippen molar-refractivity contribution >= 4 is 5.82 Å². The number of nitrogens with two attached hydrogens (primary N) is 1. The minimum atomic E-state index is 0.506. The zero-order chi connectivity index (χ0) is 9.97. The highest BCUT2D eigenvalue weighted by Crippen LogP contribution is 2.34. The van der Waals surface area contributed by atoms with Gasteiger partial charge in [-0.15, -0.1) is 0 Å². The average Bonchev–Trinajstić information content (AvgIpc) is 1.99. The van der Waals surface area contributed by atoms with Gasteiger partial charge in [-0.05, 0) is 12.8 Å². The molecule has 1 heterocycles. The Kier molecular flexibility index (Phi) is 2.63. The van der Waals surface area contributed by atoms with Crippen LogP contribution >= 0.6 is 0 Å². The first-order valence-corrected chi connectivity index (χ1v) is 4.92. The molecule has 76 valence electrons. The average molecular weight is 193 g/mol. The van der Waals surface area contributed by atoms with Gasteiger partial charge in [0.25, 0.3) is 0 Å². The number of nitrogen functional groups attached to an aromatic ring is 1. The maximum atomic E-state index is 5.70. The molecule has 0 aliphatic heterocycles. The minimum absolute atomic E-state index is 0.506. The molecule has 1 aromatic heterocycles. The Labute approximate surface area is 83.5 Å². The summed E-state index contributed by atoms with van der Waals surface area (Å²) >= 11 is 0. The molecule has 0 aromatic carbocycles. The highest BCUT2D eigenvalue weighted by Gasteiger charge is 2.22. The van der Waals surface area contributed by atoms with E-state index in [0.717, 1.165) is 11.5 Å². The number of aromatic nitrogens is 2. The fourth-order valence-corrected chi connectivity index (χ4v) is 1.61. The number of ether oxygens (including phenoxy) is 1. The van der Waals surface area contributed by atoms with Gasteiger partial charge in [0, 0.05) is 19.1 Å². The number of rotatable bonds is 3. The van der Waals surface area contributed by atoms with Crippen molar-refractivity contribution in [2.45, 2.75) is 31.8 Å². The predicted octanol–water partition coefficient (Wildman–Crippen LogP) is 1.47. The van der Waals surface area contributed by atoms with E-state index in [2.05, 4.69) is 9.97 Å². The Balaban J connectivity index is 2.21. The molecule has 1 aliphatic rings. The number of nitrogens with zero attached hydrogens (tertiary/aromatic N) is 2. The lowest BCUT2D eigenvalue weighted by Crippen LogP contribution is -2.14. The van der Waals surface area contributed by atoms with Crippen molar-refractivity contribution in [3.05, 3.63) is 17.6 Å². The maximum absolute atomic E-state index is 5.70. The molecule has 2 N–H and O–H groups in total. The van der Waals surface area contributed by atoms with Gasteiger partial charge in [0.05, 0.1) is 12.3 Å². The SMILES string of the molecule is COCc1cc(N)nc(C2CCC2)n1. The number of anilines is 1. The van der Waals surface area contributed by atoms with Crippen molar-refractivity contribution in [3.63, 3.8) is 0 Å². The van der Waals surface area contributed by atoms with Gasteiger partial charge in [-0.3, -0.25) is 0 Å². The molecule has 2 rings (SSSR count). The van der Waals surface area contributed by atoms with E-state index in [4.69, 9.17) is 10.5 Å². The molecular formula is C10H15N3O. The first-order valence-electron chi connectivity index (χ1n) is 4.92. The van der Waals surface area contributed by atoms with Gasteiger partial charge in [0.15, 0.2) is 0 Å². The Morgan fingerprint density at radius 3 is 2.86 bits per heavy atom. The van der Waals surface area contributed by atoms with E-state index in [9.17, 15) is 0 Å². The van der Waals surface area contributed by atoms with E-state index in [1.54, 1.807) is 13.2 Å². The maximum Gasteiger partial charge on any atom is 0.134 e. The second-order valence-corrected chi connectivity index (χ2v) is 3.70. The fourth-order valence-electron chi connectivity index (χ4n) is 1.61. The highest BCUT2D eigenvalue weighted by atomic mass is 16.5. The van der Waals surface area contributed by atoms with Crippen LogP contribution in [0.4, 0.5) is 5.82 Å². The third-order valence-electron chi connectivity index (χ3n) is 2.58. The molecule has 0 radical (unpaired) electrons. The van der Waals surface area contributed by atoms with Crippen LogP contribution in [0.15, 0.2) is 6.07 Å². The third kappa shape index (κ3) is 1.85. The van der Waals surface area contributed by atoms with E-state index in [1.165, 1.54) is 19.3 Å². The number of methoxy groups -OCH3 is 1. The van der Waals surface area contributed by atoms with E-state index in [1.807, 2.05) is 0 Å². The third-order valence-corrected chi connectivity index (χ3v) is 2.58. The van der Waals surface area contributed by atoms with Gasteiger partial charge in [0.1, 0.15) is 11.6 Å². The molecule has 0 unspecified atom stereocenters. The summed E-state index contributed by atoms with van der Waals surface area (Å²) in [6, 6.07) is 1.77. The summed E-state index contributed by atoms with van der Waals surface area (Å²) in [7, 11) is 1.65. The molecule has 1 aromatic rings. The standard InChI is InChI=1S/C10H15N3O/c1-14-6-8-5-9(11)13-10(12-8)7-3-2-4-7/h5,7H,2-4,6H2,1H3,(H2,11,12,13). The second kappa shape index (κ2) is 3.92. The molecule has 1 saturated carbocycles. The lowest BCUT2D eigenvalue weighted by molar-refractivity contribution is 0.181. The molecule has 0 atom stereocenters. The monoisotopic (exact) mass is 193 g/mol. The van der Waals surface area contributed by atoms with Gasteiger partial charge in [-0.25, -0.2) is 9.97 Å². The first kappa shape index (κ1) is 9.40.